The van der Waals surface area contributed by atoms with Crippen LogP contribution in [0.3, 0.4) is 0 Å². The van der Waals surface area contributed by atoms with Crippen molar-refractivity contribution in [2.75, 3.05) is 119 Å². The second-order valence-electron chi connectivity index (χ2n) is 15.4. The number of rotatable bonds is 25. The summed E-state index contributed by atoms with van der Waals surface area (Å²) in [6, 6.07) is 0. The highest BCUT2D eigenvalue weighted by atomic mass is 31.2. The second kappa shape index (κ2) is 22.7. The minimum atomic E-state index is -4.53. The Labute approximate surface area is 336 Å². The Kier molecular flexibility index (Phi) is 20.6. The first-order valence-electron chi connectivity index (χ1n) is 19.5. The largest absolute Gasteiger partial charge is 0.496 e. The first-order chi connectivity index (χ1) is 26.1. The molecule has 332 valence electrons. The monoisotopic (exact) mass is 917 g/mol. The summed E-state index contributed by atoms with van der Waals surface area (Å²) in [5.74, 6) is 0. The first kappa shape index (κ1) is 51.0. The van der Waals surface area contributed by atoms with Crippen LogP contribution < -0.4 is 5.32 Å². The van der Waals surface area contributed by atoms with E-state index in [-0.39, 0.29) is 29.5 Å². The van der Waals surface area contributed by atoms with Crippen molar-refractivity contribution in [2.24, 2.45) is 0 Å². The van der Waals surface area contributed by atoms with Gasteiger partial charge in [0.25, 0.3) is 0 Å². The maximum Gasteiger partial charge on any atom is 0.496 e. The van der Waals surface area contributed by atoms with Crippen LogP contribution in [0.1, 0.15) is 51.9 Å². The summed E-state index contributed by atoms with van der Waals surface area (Å²) in [6.45, 7) is 11.3. The number of hydrogen-bond acceptors (Lipinski definition) is 14. The van der Waals surface area contributed by atoms with Crippen molar-refractivity contribution in [3.8, 4) is 0 Å². The van der Waals surface area contributed by atoms with E-state index in [0.29, 0.717) is 71.5 Å². The van der Waals surface area contributed by atoms with Gasteiger partial charge in [0, 0.05) is 71.2 Å². The summed E-state index contributed by atoms with van der Waals surface area (Å²) < 4.78 is 75.0. The van der Waals surface area contributed by atoms with Crippen molar-refractivity contribution in [1.82, 2.24) is 24.9 Å². The van der Waals surface area contributed by atoms with Crippen LogP contribution in [0.4, 0.5) is 0 Å². The van der Waals surface area contributed by atoms with E-state index in [1.807, 2.05) is 6.55 Å². The molecule has 0 aromatic carbocycles. The molecule has 56 heavy (non-hydrogen) atoms. The molecule has 3 fully saturated rings. The summed E-state index contributed by atoms with van der Waals surface area (Å²) in [7, 11) is -16.7. The van der Waals surface area contributed by atoms with Gasteiger partial charge in [-0.15, -0.1) is 0 Å². The molecule has 3 heterocycles. The Balaban J connectivity index is 1.81. The lowest BCUT2D eigenvalue weighted by Crippen LogP contribution is -2.67. The van der Waals surface area contributed by atoms with Crippen molar-refractivity contribution < 1.29 is 69.0 Å². The molecule has 0 saturated carbocycles. The molecule has 0 radical (unpaired) electrons. The highest BCUT2D eigenvalue weighted by Gasteiger charge is 2.63. The van der Waals surface area contributed by atoms with Gasteiger partial charge in [0.05, 0.1) is 6.29 Å². The fourth-order valence-electron chi connectivity index (χ4n) is 8.26. The highest BCUT2D eigenvalue weighted by molar-refractivity contribution is 7.52. The van der Waals surface area contributed by atoms with Crippen molar-refractivity contribution in [2.45, 2.75) is 75.0 Å². The zero-order valence-corrected chi connectivity index (χ0v) is 39.8. The van der Waals surface area contributed by atoms with Crippen LogP contribution in [0, 0.1) is 0 Å². The lowest BCUT2D eigenvalue weighted by atomic mass is 10.1. The van der Waals surface area contributed by atoms with Gasteiger partial charge in [0.1, 0.15) is 12.6 Å². The quantitative estimate of drug-likeness (QED) is 0.0391. The molecule has 0 aromatic heterocycles. The number of piperidine rings is 3. The average molecular weight is 918 g/mol. The van der Waals surface area contributed by atoms with E-state index in [9.17, 15) is 43.1 Å². The maximum atomic E-state index is 11.7. The minimum absolute atomic E-state index is 0.0364. The molecule has 20 nitrogen and oxygen atoms in total. The Hall–Kier alpha value is 0.661. The fraction of sp³-hybridized carbons (Fsp3) is 1.00. The summed E-state index contributed by atoms with van der Waals surface area (Å²) in [6.07, 6.45) is 3.78. The predicted octanol–water partition coefficient (Wildman–Crippen LogP) is 1.66. The van der Waals surface area contributed by atoms with Gasteiger partial charge in [0.15, 0.2) is 0 Å². The molecule has 2 atom stereocenters. The van der Waals surface area contributed by atoms with Gasteiger partial charge >= 0.3 is 49.0 Å². The molecule has 7 N–H and O–H groups in total. The predicted molar refractivity (Wildman–Crippen MR) is 217 cm³/mol. The van der Waals surface area contributed by atoms with Gasteiger partial charge in [0.2, 0.25) is 0 Å². The summed E-state index contributed by atoms with van der Waals surface area (Å²) >= 11 is 0. The SMILES string of the molecule is CCCN1CCC([Si](OC)(OC)O[Si](OC)(O[Si](C)(OC)C2CCN(CCN(CP(=O)(O)O)CP(=O)(O)O)CC2)C2CCN(CCNCP(=O)(O)O)CC2)CC1. The van der Waals surface area contributed by atoms with E-state index in [1.165, 1.54) is 0 Å². The maximum absolute atomic E-state index is 11.7. The molecule has 0 amide bonds. The lowest BCUT2D eigenvalue weighted by molar-refractivity contribution is 0.0626. The zero-order valence-electron chi connectivity index (χ0n) is 34.1. The Morgan fingerprint density at radius 2 is 1.04 bits per heavy atom. The second-order valence-corrected chi connectivity index (χ2v) is 30.5. The molecule has 3 aliphatic heterocycles. The van der Waals surface area contributed by atoms with Crippen molar-refractivity contribution in [3.63, 3.8) is 0 Å². The number of hydrogen-bond donors (Lipinski definition) is 7. The highest BCUT2D eigenvalue weighted by Crippen LogP contribution is 2.46. The van der Waals surface area contributed by atoms with Gasteiger partial charge in [-0.2, -0.15) is 0 Å². The summed E-state index contributed by atoms with van der Waals surface area (Å²) in [4.78, 5) is 64.3. The van der Waals surface area contributed by atoms with Crippen LogP contribution in [0.15, 0.2) is 0 Å². The Morgan fingerprint density at radius 3 is 1.45 bits per heavy atom. The van der Waals surface area contributed by atoms with Crippen LogP contribution in [0.25, 0.3) is 0 Å². The van der Waals surface area contributed by atoms with Gasteiger partial charge < -0.3 is 75.3 Å². The molecular weight excluding hydrogens is 848 g/mol. The van der Waals surface area contributed by atoms with Crippen LogP contribution in [-0.4, -0.2) is 194 Å². The van der Waals surface area contributed by atoms with Gasteiger partial charge in [-0.3, -0.25) is 18.6 Å². The number of nitrogens with one attached hydrogen (secondary N) is 1. The molecule has 26 heteroatoms. The molecule has 2 unspecified atom stereocenters. The van der Waals surface area contributed by atoms with Gasteiger partial charge in [-0.25, -0.2) is 0 Å². The van der Waals surface area contributed by atoms with Gasteiger partial charge in [-0.05, 0) is 97.3 Å². The summed E-state index contributed by atoms with van der Waals surface area (Å²) in [5.41, 5.74) is -0.0135. The van der Waals surface area contributed by atoms with Crippen molar-refractivity contribution >= 4 is 49.0 Å². The van der Waals surface area contributed by atoms with E-state index in [2.05, 4.69) is 26.9 Å². The molecular formula is C30H70N5O15P3Si3. The minimum Gasteiger partial charge on any atom is -0.398 e. The molecule has 0 bridgehead atoms. The van der Waals surface area contributed by atoms with Crippen LogP contribution in [0.5, 0.6) is 0 Å². The van der Waals surface area contributed by atoms with Crippen molar-refractivity contribution in [3.05, 3.63) is 0 Å². The van der Waals surface area contributed by atoms with Crippen LogP contribution in [0.2, 0.25) is 23.2 Å². The number of likely N-dealkylation sites (tertiary alicyclic amines) is 3. The molecule has 0 aromatic rings. The fourth-order valence-corrected chi connectivity index (χ4v) is 23.9. The Morgan fingerprint density at radius 1 is 0.607 bits per heavy atom. The van der Waals surface area contributed by atoms with Crippen LogP contribution >= 0.6 is 22.8 Å². The van der Waals surface area contributed by atoms with Crippen molar-refractivity contribution in [1.29, 1.82) is 0 Å². The lowest BCUT2D eigenvalue weighted by Gasteiger charge is -2.50. The molecule has 0 spiro atoms. The molecule has 0 aliphatic carbocycles. The Bertz CT molecular complexity index is 1290. The standard InChI is InChI=1S/C30H70N5O15P3Si3/c1-7-15-32-18-10-29(11-19-32)55(46-3,47-4)50-56(48-5,30-12-20-33(21-13-30)22-14-31-25-51(36,37)38)49-54(6,45-2)28-8-16-34(17-9-28)23-24-35(26-52(39,40)41)27-53(42,43)44/h28-31H,7-27H2,1-6H3,(H2,36,37,38)(H2,39,40,41)(H2,42,43,44). The molecule has 3 aliphatic rings. The van der Waals surface area contributed by atoms with E-state index in [0.717, 1.165) is 43.8 Å². The third kappa shape index (κ3) is 16.2. The van der Waals surface area contributed by atoms with E-state index >= 15 is 0 Å². The number of nitrogens with zero attached hydrogens (tertiary/aromatic N) is 4. The van der Waals surface area contributed by atoms with Crippen LogP contribution in [-0.2, 0) is 39.6 Å². The summed E-state index contributed by atoms with van der Waals surface area (Å²) in [5, 5.41) is 2.85. The van der Waals surface area contributed by atoms with E-state index in [1.54, 1.807) is 28.4 Å². The molecule has 3 saturated heterocycles. The smallest absolute Gasteiger partial charge is 0.398 e. The first-order valence-corrected chi connectivity index (χ1v) is 30.9. The normalized spacial score (nSPS) is 22.4. The topological polar surface area (TPSA) is 253 Å². The third-order valence-corrected chi connectivity index (χ3v) is 26.3. The average Bonchev–Trinajstić information content (AvgIpc) is 3.13. The van der Waals surface area contributed by atoms with E-state index in [4.69, 9.17) is 25.9 Å². The molecule has 3 rings (SSSR count). The van der Waals surface area contributed by atoms with E-state index < -0.39 is 61.5 Å². The van der Waals surface area contributed by atoms with Gasteiger partial charge in [-0.1, -0.05) is 6.92 Å². The third-order valence-electron chi connectivity index (χ3n) is 11.4. The zero-order chi connectivity index (χ0) is 41.8.